The van der Waals surface area contributed by atoms with Crippen molar-refractivity contribution in [2.75, 3.05) is 7.11 Å². The zero-order chi connectivity index (χ0) is 31.1. The molecular formula is C34H38BClO8. The Labute approximate surface area is 263 Å². The van der Waals surface area contributed by atoms with Crippen LogP contribution in [0.1, 0.15) is 63.6 Å². The van der Waals surface area contributed by atoms with Crippen LogP contribution >= 0.6 is 11.6 Å². The van der Waals surface area contributed by atoms with Crippen LogP contribution in [0.5, 0.6) is 5.75 Å². The van der Waals surface area contributed by atoms with E-state index in [4.69, 9.17) is 45.3 Å². The highest BCUT2D eigenvalue weighted by Crippen LogP contribution is 2.77. The molecule has 2 aliphatic heterocycles. The SMILES string of the molecule is COC1(c2ccc(/C=C/C=C/C(=O)O)c(OCc3ccc(B4OC(C)(C)C(C)(C)O4)cc3)c2Cl)OOC12C1CC3CC1CC32. The van der Waals surface area contributed by atoms with E-state index in [0.717, 1.165) is 29.9 Å². The highest BCUT2D eigenvalue weighted by molar-refractivity contribution is 6.62. The molecule has 10 heteroatoms. The molecule has 2 heterocycles. The Balaban J connectivity index is 1.17. The summed E-state index contributed by atoms with van der Waals surface area (Å²) in [6.45, 7) is 8.39. The van der Waals surface area contributed by atoms with Crippen LogP contribution < -0.4 is 10.2 Å². The van der Waals surface area contributed by atoms with Crippen molar-refractivity contribution in [2.24, 2.45) is 23.7 Å². The summed E-state index contributed by atoms with van der Waals surface area (Å²) in [5.74, 6) is 0.295. The van der Waals surface area contributed by atoms with Crippen molar-refractivity contribution in [1.82, 2.24) is 0 Å². The molecule has 0 aromatic heterocycles. The summed E-state index contributed by atoms with van der Waals surface area (Å²) in [6.07, 6.45) is 9.45. The normalized spacial score (nSPS) is 34.2. The first-order valence-corrected chi connectivity index (χ1v) is 15.7. The smallest absolute Gasteiger partial charge is 0.487 e. The number of methoxy groups -OCH3 is 1. The summed E-state index contributed by atoms with van der Waals surface area (Å²) >= 11 is 7.19. The minimum absolute atomic E-state index is 0.247. The van der Waals surface area contributed by atoms with Gasteiger partial charge in [0.05, 0.1) is 16.2 Å². The number of carbonyl (C=O) groups is 1. The number of carboxylic acids is 1. The summed E-state index contributed by atoms with van der Waals surface area (Å²) in [5, 5.41) is 9.38. The summed E-state index contributed by atoms with van der Waals surface area (Å²) in [7, 11) is 1.20. The van der Waals surface area contributed by atoms with Gasteiger partial charge in [-0.25, -0.2) is 9.68 Å². The van der Waals surface area contributed by atoms with Gasteiger partial charge in [-0.15, -0.1) is 0 Å². The fraction of sp³-hybridized carbons (Fsp3) is 0.500. The number of carboxylic acid groups (broad SMARTS) is 1. The van der Waals surface area contributed by atoms with Crippen molar-refractivity contribution in [3.8, 4) is 5.75 Å². The van der Waals surface area contributed by atoms with Crippen LogP contribution in [0.15, 0.2) is 54.6 Å². The number of allylic oxidation sites excluding steroid dienone is 2. The van der Waals surface area contributed by atoms with E-state index in [1.54, 1.807) is 19.3 Å². The lowest BCUT2D eigenvalue weighted by molar-refractivity contribution is -0.630. The van der Waals surface area contributed by atoms with Gasteiger partial charge in [-0.2, -0.15) is 4.89 Å². The van der Waals surface area contributed by atoms with Gasteiger partial charge in [0.25, 0.3) is 5.79 Å². The number of rotatable bonds is 9. The van der Waals surface area contributed by atoms with Gasteiger partial charge in [-0.1, -0.05) is 66.2 Å². The zero-order valence-corrected chi connectivity index (χ0v) is 26.4. The van der Waals surface area contributed by atoms with Crippen LogP contribution in [-0.2, 0) is 41.0 Å². The fourth-order valence-corrected chi connectivity index (χ4v) is 8.64. The van der Waals surface area contributed by atoms with Gasteiger partial charge in [0.1, 0.15) is 12.4 Å². The number of benzene rings is 2. The summed E-state index contributed by atoms with van der Waals surface area (Å²) < 4.78 is 25.0. The number of hydrogen-bond donors (Lipinski definition) is 1. The van der Waals surface area contributed by atoms with Crippen LogP contribution in [0.2, 0.25) is 5.02 Å². The maximum absolute atomic E-state index is 11.0. The molecule has 5 atom stereocenters. The van der Waals surface area contributed by atoms with E-state index in [1.165, 1.54) is 12.5 Å². The summed E-state index contributed by atoms with van der Waals surface area (Å²) in [6, 6.07) is 11.8. The Hall–Kier alpha value is -2.66. The van der Waals surface area contributed by atoms with Crippen LogP contribution in [0.3, 0.4) is 0 Å². The third-order valence-corrected chi connectivity index (χ3v) is 11.4. The first-order chi connectivity index (χ1) is 20.9. The zero-order valence-electron chi connectivity index (χ0n) is 25.7. The highest BCUT2D eigenvalue weighted by Gasteiger charge is 2.83. The van der Waals surface area contributed by atoms with Gasteiger partial charge in [0.15, 0.2) is 5.60 Å². The molecule has 4 aliphatic carbocycles. The van der Waals surface area contributed by atoms with E-state index < -0.39 is 35.7 Å². The van der Waals surface area contributed by atoms with E-state index >= 15 is 0 Å². The van der Waals surface area contributed by atoms with E-state index in [9.17, 15) is 4.79 Å². The molecule has 4 saturated carbocycles. The molecule has 232 valence electrons. The molecule has 6 fully saturated rings. The topological polar surface area (TPSA) is 92.7 Å². The Kier molecular flexibility index (Phi) is 7.12. The fourth-order valence-electron chi connectivity index (χ4n) is 8.29. The molecule has 6 aliphatic rings. The second-order valence-corrected chi connectivity index (χ2v) is 14.1. The molecule has 0 amide bonds. The number of ether oxygens (including phenoxy) is 2. The minimum Gasteiger partial charge on any atom is -0.487 e. The number of hydrogen-bond acceptors (Lipinski definition) is 7. The Morgan fingerprint density at radius 3 is 2.18 bits per heavy atom. The lowest BCUT2D eigenvalue weighted by Crippen LogP contribution is -2.69. The first-order valence-electron chi connectivity index (χ1n) is 15.3. The maximum Gasteiger partial charge on any atom is 0.494 e. The lowest BCUT2D eigenvalue weighted by atomic mass is 9.73. The predicted octanol–water partition coefficient (Wildman–Crippen LogP) is 6.05. The minimum atomic E-state index is -1.13. The Bertz CT molecular complexity index is 1500. The van der Waals surface area contributed by atoms with Gasteiger partial charge in [-0.05, 0) is 69.8 Å². The van der Waals surface area contributed by atoms with Crippen molar-refractivity contribution in [2.45, 2.75) is 76.2 Å². The van der Waals surface area contributed by atoms with Crippen LogP contribution in [0.25, 0.3) is 6.08 Å². The molecule has 2 aromatic rings. The van der Waals surface area contributed by atoms with Crippen LogP contribution in [-0.4, -0.2) is 42.1 Å². The maximum atomic E-state index is 11.0. The molecule has 2 aromatic carbocycles. The first kappa shape index (κ1) is 30.0. The van der Waals surface area contributed by atoms with Crippen molar-refractivity contribution < 1.29 is 38.5 Å². The average Bonchev–Trinajstić information content (AvgIpc) is 3.75. The number of halogens is 1. The second-order valence-electron chi connectivity index (χ2n) is 13.7. The van der Waals surface area contributed by atoms with Crippen molar-refractivity contribution in [3.05, 3.63) is 76.3 Å². The Morgan fingerprint density at radius 2 is 1.64 bits per heavy atom. The van der Waals surface area contributed by atoms with Gasteiger partial charge < -0.3 is 23.9 Å². The quantitative estimate of drug-likeness (QED) is 0.157. The molecule has 44 heavy (non-hydrogen) atoms. The monoisotopic (exact) mass is 620 g/mol. The largest absolute Gasteiger partial charge is 0.494 e. The highest BCUT2D eigenvalue weighted by atomic mass is 35.5. The van der Waals surface area contributed by atoms with Crippen molar-refractivity contribution in [1.29, 1.82) is 0 Å². The lowest BCUT2D eigenvalue weighted by Gasteiger charge is -2.57. The molecular weight excluding hydrogens is 583 g/mol. The molecule has 0 radical (unpaired) electrons. The molecule has 5 unspecified atom stereocenters. The van der Waals surface area contributed by atoms with E-state index in [2.05, 4.69) is 0 Å². The van der Waals surface area contributed by atoms with E-state index in [0.29, 0.717) is 45.6 Å². The van der Waals surface area contributed by atoms with Gasteiger partial charge >= 0.3 is 13.1 Å². The third-order valence-electron chi connectivity index (χ3n) is 11.1. The standard InChI is InChI=1S/C34H38BClO8/c1-31(2)32(3,4)42-35(41-31)24-13-10-20(11-14-24)19-40-30-21(8-6-7-9-28(37)38)12-15-25(29(30)36)34(39-5)33(43-44-34)26-17-22-16-23(26)18-27(22)33/h6-15,22-23,26-27H,16-19H2,1-5H3,(H,37,38)/b8-6+,9-7+. The second kappa shape index (κ2) is 10.4. The van der Waals surface area contributed by atoms with E-state index in [1.807, 2.05) is 64.1 Å². The van der Waals surface area contributed by atoms with Crippen molar-refractivity contribution in [3.63, 3.8) is 0 Å². The van der Waals surface area contributed by atoms with Gasteiger partial charge in [0.2, 0.25) is 0 Å². The number of aliphatic carboxylic acids is 1. The molecule has 1 N–H and O–H groups in total. The van der Waals surface area contributed by atoms with Crippen molar-refractivity contribution >= 4 is 36.2 Å². The average molecular weight is 621 g/mol. The Morgan fingerprint density at radius 1 is 0.977 bits per heavy atom. The third kappa shape index (κ3) is 4.27. The molecule has 8 rings (SSSR count). The molecule has 1 spiro atoms. The van der Waals surface area contributed by atoms with Crippen LogP contribution in [0, 0.1) is 23.7 Å². The predicted molar refractivity (Wildman–Crippen MR) is 165 cm³/mol. The summed E-state index contributed by atoms with van der Waals surface area (Å²) in [5.41, 5.74) is 1.84. The van der Waals surface area contributed by atoms with E-state index in [-0.39, 0.29) is 6.61 Å². The molecule has 8 nitrogen and oxygen atoms in total. The molecule has 4 bridgehead atoms. The van der Waals surface area contributed by atoms with Gasteiger partial charge in [0, 0.05) is 36.1 Å². The van der Waals surface area contributed by atoms with Gasteiger partial charge in [-0.3, -0.25) is 0 Å². The summed E-state index contributed by atoms with van der Waals surface area (Å²) in [4.78, 5) is 22.9. The molecule has 2 saturated heterocycles. The van der Waals surface area contributed by atoms with Crippen LogP contribution in [0.4, 0.5) is 0 Å².